The van der Waals surface area contributed by atoms with Crippen molar-refractivity contribution in [2.75, 3.05) is 39.8 Å². The zero-order valence-corrected chi connectivity index (χ0v) is 17.3. The van der Waals surface area contributed by atoms with Crippen molar-refractivity contribution in [3.05, 3.63) is 65.7 Å². The van der Waals surface area contributed by atoms with E-state index in [1.54, 1.807) is 35.2 Å². The first-order valence-electron chi connectivity index (χ1n) is 9.56. The fraction of sp³-hybridized carbons (Fsp3) is 0.381. The van der Waals surface area contributed by atoms with E-state index in [0.717, 1.165) is 24.2 Å². The molecule has 6 nitrogen and oxygen atoms in total. The standard InChI is InChI=1S/C21H27N3O3S/c1-18-8-10-19(11-9-18)16-24(28(26,27)20-6-4-3-5-7-20)17-21(25)23-14-12-22(2)13-15-23/h3-11H,12-17H2,1-2H3/p+1. The van der Waals surface area contributed by atoms with Gasteiger partial charge in [0.2, 0.25) is 15.9 Å². The van der Waals surface area contributed by atoms with Gasteiger partial charge in [-0.2, -0.15) is 4.31 Å². The van der Waals surface area contributed by atoms with E-state index < -0.39 is 10.0 Å². The number of carbonyl (C=O) groups is 1. The van der Waals surface area contributed by atoms with Gasteiger partial charge in [-0.15, -0.1) is 0 Å². The Balaban J connectivity index is 1.83. The van der Waals surface area contributed by atoms with E-state index in [4.69, 9.17) is 0 Å². The van der Waals surface area contributed by atoms with Gasteiger partial charge in [0.25, 0.3) is 0 Å². The fourth-order valence-corrected chi connectivity index (χ4v) is 4.65. The van der Waals surface area contributed by atoms with Gasteiger partial charge in [0.05, 0.1) is 44.7 Å². The minimum absolute atomic E-state index is 0.140. The predicted molar refractivity (Wildman–Crippen MR) is 108 cm³/mol. The topological polar surface area (TPSA) is 62.1 Å². The molecule has 0 atom stereocenters. The summed E-state index contributed by atoms with van der Waals surface area (Å²) in [6.45, 7) is 5.10. The van der Waals surface area contributed by atoms with Crippen LogP contribution in [0.25, 0.3) is 0 Å². The Labute approximate surface area is 167 Å². The number of nitrogens with one attached hydrogen (secondary N) is 1. The van der Waals surface area contributed by atoms with Crippen LogP contribution >= 0.6 is 0 Å². The Bertz CT molecular complexity index is 890. The van der Waals surface area contributed by atoms with Gasteiger partial charge >= 0.3 is 0 Å². The Morgan fingerprint density at radius 2 is 1.64 bits per heavy atom. The van der Waals surface area contributed by atoms with Gasteiger partial charge in [0.1, 0.15) is 0 Å². The van der Waals surface area contributed by atoms with Crippen molar-refractivity contribution in [2.24, 2.45) is 0 Å². The number of hydrogen-bond acceptors (Lipinski definition) is 3. The Morgan fingerprint density at radius 3 is 2.25 bits per heavy atom. The number of likely N-dealkylation sites (N-methyl/N-ethyl adjacent to an activating group) is 1. The second-order valence-corrected chi connectivity index (χ2v) is 9.35. The summed E-state index contributed by atoms with van der Waals surface area (Å²) < 4.78 is 27.7. The second-order valence-electron chi connectivity index (χ2n) is 7.41. The molecular formula is C21H28N3O3S+. The average Bonchev–Trinajstić information content (AvgIpc) is 2.70. The molecule has 1 amide bonds. The van der Waals surface area contributed by atoms with Crippen LogP contribution in [-0.4, -0.2) is 63.3 Å². The van der Waals surface area contributed by atoms with Gasteiger partial charge < -0.3 is 9.80 Å². The number of sulfonamides is 1. The van der Waals surface area contributed by atoms with E-state index in [2.05, 4.69) is 7.05 Å². The highest BCUT2D eigenvalue weighted by Crippen LogP contribution is 2.19. The van der Waals surface area contributed by atoms with Gasteiger partial charge in [-0.25, -0.2) is 8.42 Å². The quantitative estimate of drug-likeness (QED) is 0.767. The lowest BCUT2D eigenvalue weighted by Crippen LogP contribution is -3.12. The van der Waals surface area contributed by atoms with Crippen LogP contribution in [0.5, 0.6) is 0 Å². The number of carbonyl (C=O) groups excluding carboxylic acids is 1. The molecule has 0 unspecified atom stereocenters. The number of amides is 1. The number of nitrogens with zero attached hydrogens (tertiary/aromatic N) is 2. The van der Waals surface area contributed by atoms with E-state index in [9.17, 15) is 13.2 Å². The molecule has 0 saturated carbocycles. The van der Waals surface area contributed by atoms with Crippen molar-refractivity contribution in [1.29, 1.82) is 0 Å². The average molecular weight is 403 g/mol. The summed E-state index contributed by atoms with van der Waals surface area (Å²) in [5, 5.41) is 0. The van der Waals surface area contributed by atoms with Crippen molar-refractivity contribution in [3.63, 3.8) is 0 Å². The van der Waals surface area contributed by atoms with Gasteiger partial charge in [0.15, 0.2) is 0 Å². The summed E-state index contributed by atoms with van der Waals surface area (Å²) in [6.07, 6.45) is 0. The smallest absolute Gasteiger partial charge is 0.243 e. The van der Waals surface area contributed by atoms with E-state index >= 15 is 0 Å². The largest absolute Gasteiger partial charge is 0.334 e. The van der Waals surface area contributed by atoms with Crippen LogP contribution in [0.4, 0.5) is 0 Å². The van der Waals surface area contributed by atoms with Crippen LogP contribution in [0.15, 0.2) is 59.5 Å². The molecule has 2 aromatic rings. The van der Waals surface area contributed by atoms with Crippen molar-refractivity contribution >= 4 is 15.9 Å². The Kier molecular flexibility index (Phi) is 6.49. The number of benzene rings is 2. The first-order valence-corrected chi connectivity index (χ1v) is 11.0. The molecule has 1 heterocycles. The highest BCUT2D eigenvalue weighted by atomic mass is 32.2. The minimum Gasteiger partial charge on any atom is -0.334 e. The van der Waals surface area contributed by atoms with E-state index in [0.29, 0.717) is 13.1 Å². The second kappa shape index (κ2) is 8.86. The van der Waals surface area contributed by atoms with E-state index in [1.807, 2.05) is 31.2 Å². The molecule has 0 spiro atoms. The normalized spacial score (nSPS) is 15.8. The van der Waals surface area contributed by atoms with E-state index in [1.165, 1.54) is 9.21 Å². The Hall–Kier alpha value is -2.22. The number of piperazine rings is 1. The molecule has 3 rings (SSSR count). The summed E-state index contributed by atoms with van der Waals surface area (Å²) in [4.78, 5) is 16.2. The number of rotatable bonds is 6. The van der Waals surface area contributed by atoms with Gasteiger partial charge in [-0.1, -0.05) is 48.0 Å². The molecule has 28 heavy (non-hydrogen) atoms. The van der Waals surface area contributed by atoms with Gasteiger partial charge in [0, 0.05) is 6.54 Å². The SMILES string of the molecule is Cc1ccc(CN(CC(=O)N2CC[NH+](C)CC2)S(=O)(=O)c2ccccc2)cc1. The van der Waals surface area contributed by atoms with Crippen LogP contribution in [0, 0.1) is 6.92 Å². The summed E-state index contributed by atoms with van der Waals surface area (Å²) >= 11 is 0. The lowest BCUT2D eigenvalue weighted by Gasteiger charge is -2.32. The van der Waals surface area contributed by atoms with Crippen LogP contribution in [-0.2, 0) is 21.4 Å². The molecule has 150 valence electrons. The number of hydrogen-bond donors (Lipinski definition) is 1. The van der Waals surface area contributed by atoms with Crippen LogP contribution < -0.4 is 4.90 Å². The molecule has 1 saturated heterocycles. The van der Waals surface area contributed by atoms with Crippen molar-refractivity contribution in [3.8, 4) is 0 Å². The molecule has 0 bridgehead atoms. The number of quaternary nitrogens is 1. The first kappa shape index (κ1) is 20.5. The van der Waals surface area contributed by atoms with Crippen LogP contribution in [0.3, 0.4) is 0 Å². The molecule has 1 fully saturated rings. The third kappa shape index (κ3) is 4.98. The van der Waals surface area contributed by atoms with Gasteiger partial charge in [-0.05, 0) is 24.6 Å². The summed E-state index contributed by atoms with van der Waals surface area (Å²) in [5.74, 6) is -0.140. The highest BCUT2D eigenvalue weighted by Gasteiger charge is 2.30. The molecule has 7 heteroatoms. The van der Waals surface area contributed by atoms with Crippen LogP contribution in [0.1, 0.15) is 11.1 Å². The summed E-state index contributed by atoms with van der Waals surface area (Å²) in [5.41, 5.74) is 1.97. The third-order valence-electron chi connectivity index (χ3n) is 5.14. The maximum absolute atomic E-state index is 13.2. The molecule has 1 aliphatic rings. The molecule has 0 aromatic heterocycles. The highest BCUT2D eigenvalue weighted by molar-refractivity contribution is 7.89. The minimum atomic E-state index is -3.77. The van der Waals surface area contributed by atoms with Crippen molar-refractivity contribution in [2.45, 2.75) is 18.4 Å². The van der Waals surface area contributed by atoms with E-state index in [-0.39, 0.29) is 23.9 Å². The maximum atomic E-state index is 13.2. The number of aryl methyl sites for hydroxylation is 1. The fourth-order valence-electron chi connectivity index (χ4n) is 3.25. The maximum Gasteiger partial charge on any atom is 0.243 e. The molecular weight excluding hydrogens is 374 g/mol. The molecule has 0 aliphatic carbocycles. The molecule has 2 aromatic carbocycles. The van der Waals surface area contributed by atoms with Crippen molar-refractivity contribution < 1.29 is 18.1 Å². The summed E-state index contributed by atoms with van der Waals surface area (Å²) in [7, 11) is -1.67. The molecule has 1 aliphatic heterocycles. The predicted octanol–water partition coefficient (Wildman–Crippen LogP) is 0.543. The first-order chi connectivity index (χ1) is 13.4. The monoisotopic (exact) mass is 402 g/mol. The lowest BCUT2D eigenvalue weighted by atomic mass is 10.1. The lowest BCUT2D eigenvalue weighted by molar-refractivity contribution is -0.883. The summed E-state index contributed by atoms with van der Waals surface area (Å²) in [6, 6.07) is 16.0. The van der Waals surface area contributed by atoms with Gasteiger partial charge in [-0.3, -0.25) is 4.79 Å². The Morgan fingerprint density at radius 1 is 1.04 bits per heavy atom. The zero-order valence-electron chi connectivity index (χ0n) is 16.5. The van der Waals surface area contributed by atoms with Crippen LogP contribution in [0.2, 0.25) is 0 Å². The van der Waals surface area contributed by atoms with Crippen molar-refractivity contribution in [1.82, 2.24) is 9.21 Å². The third-order valence-corrected chi connectivity index (χ3v) is 6.95. The molecule has 0 radical (unpaired) electrons. The zero-order chi connectivity index (χ0) is 20.1. The molecule has 1 N–H and O–H groups in total.